The third-order valence-corrected chi connectivity index (χ3v) is 5.31. The van der Waals surface area contributed by atoms with E-state index in [9.17, 15) is 4.79 Å². The van der Waals surface area contributed by atoms with Crippen LogP contribution < -0.4 is 10.6 Å². The van der Waals surface area contributed by atoms with Gasteiger partial charge in [0.05, 0.1) is 0 Å². The second-order valence-electron chi connectivity index (χ2n) is 6.57. The zero-order valence-corrected chi connectivity index (χ0v) is 11.3. The molecule has 1 aliphatic heterocycles. The Morgan fingerprint density at radius 1 is 1.22 bits per heavy atom. The van der Waals surface area contributed by atoms with Crippen LogP contribution in [0.25, 0.3) is 0 Å². The predicted molar refractivity (Wildman–Crippen MR) is 72.2 cm³/mol. The van der Waals surface area contributed by atoms with Crippen LogP contribution in [0.1, 0.15) is 51.4 Å². The van der Waals surface area contributed by atoms with Crippen molar-refractivity contribution in [2.45, 2.75) is 57.4 Å². The summed E-state index contributed by atoms with van der Waals surface area (Å²) in [5.74, 6) is 2.83. The van der Waals surface area contributed by atoms with Gasteiger partial charge >= 0.3 is 0 Å². The van der Waals surface area contributed by atoms with Gasteiger partial charge in [0.15, 0.2) is 0 Å². The number of amides is 1. The average Bonchev–Trinajstić information content (AvgIpc) is 3.04. The molecule has 2 aliphatic carbocycles. The fourth-order valence-corrected chi connectivity index (χ4v) is 4.33. The molecule has 4 atom stereocenters. The van der Waals surface area contributed by atoms with Crippen LogP contribution >= 0.6 is 0 Å². The first kappa shape index (κ1) is 12.5. The number of hydrogen-bond donors (Lipinski definition) is 2. The maximum Gasteiger partial charge on any atom is 0.220 e. The number of rotatable bonds is 5. The fraction of sp³-hybridized carbons (Fsp3) is 0.933. The quantitative estimate of drug-likeness (QED) is 0.784. The molecule has 3 aliphatic rings. The molecular weight excluding hydrogens is 224 g/mol. The van der Waals surface area contributed by atoms with E-state index in [0.717, 1.165) is 37.8 Å². The topological polar surface area (TPSA) is 41.1 Å². The van der Waals surface area contributed by atoms with E-state index < -0.39 is 0 Å². The predicted octanol–water partition coefficient (Wildman–Crippen LogP) is 2.07. The molecule has 0 radical (unpaired) electrons. The van der Waals surface area contributed by atoms with Crippen molar-refractivity contribution in [1.29, 1.82) is 0 Å². The van der Waals surface area contributed by atoms with Crippen molar-refractivity contribution in [3.63, 3.8) is 0 Å². The van der Waals surface area contributed by atoms with E-state index in [0.29, 0.717) is 17.9 Å². The highest BCUT2D eigenvalue weighted by molar-refractivity contribution is 5.76. The van der Waals surface area contributed by atoms with Crippen molar-refractivity contribution >= 4 is 5.91 Å². The van der Waals surface area contributed by atoms with Crippen molar-refractivity contribution in [2.75, 3.05) is 13.1 Å². The van der Waals surface area contributed by atoms with Crippen LogP contribution in [0, 0.1) is 17.8 Å². The Bertz CT molecular complexity index is 299. The molecule has 3 nitrogen and oxygen atoms in total. The first-order valence-corrected chi connectivity index (χ1v) is 7.81. The zero-order valence-electron chi connectivity index (χ0n) is 11.3. The second-order valence-corrected chi connectivity index (χ2v) is 6.57. The van der Waals surface area contributed by atoms with Gasteiger partial charge in [-0.2, -0.15) is 0 Å². The van der Waals surface area contributed by atoms with Crippen LogP contribution in [0.4, 0.5) is 0 Å². The van der Waals surface area contributed by atoms with Crippen LogP contribution in [0.5, 0.6) is 0 Å². The molecule has 2 saturated carbocycles. The maximum absolute atomic E-state index is 11.9. The van der Waals surface area contributed by atoms with Gasteiger partial charge in [0.25, 0.3) is 0 Å². The minimum Gasteiger partial charge on any atom is -0.356 e. The molecule has 3 unspecified atom stereocenters. The van der Waals surface area contributed by atoms with Gasteiger partial charge in [0.1, 0.15) is 0 Å². The summed E-state index contributed by atoms with van der Waals surface area (Å²) < 4.78 is 0. The number of fused-ring (bicyclic) bond motifs is 2. The first-order valence-electron chi connectivity index (χ1n) is 7.81. The lowest BCUT2D eigenvalue weighted by atomic mass is 9.86. The van der Waals surface area contributed by atoms with Gasteiger partial charge in [0.2, 0.25) is 5.91 Å². The van der Waals surface area contributed by atoms with Crippen LogP contribution in [0.2, 0.25) is 0 Å². The van der Waals surface area contributed by atoms with Crippen molar-refractivity contribution in [1.82, 2.24) is 10.6 Å². The average molecular weight is 250 g/mol. The molecule has 0 aromatic carbocycles. The van der Waals surface area contributed by atoms with Gasteiger partial charge in [-0.25, -0.2) is 0 Å². The largest absolute Gasteiger partial charge is 0.356 e. The van der Waals surface area contributed by atoms with Gasteiger partial charge < -0.3 is 10.6 Å². The second kappa shape index (κ2) is 5.60. The van der Waals surface area contributed by atoms with Crippen LogP contribution in [-0.4, -0.2) is 25.0 Å². The molecule has 0 spiro atoms. The number of carbonyl (C=O) groups excluding carboxylic acids is 1. The Kier molecular flexibility index (Phi) is 3.88. The fourth-order valence-electron chi connectivity index (χ4n) is 4.33. The summed E-state index contributed by atoms with van der Waals surface area (Å²) in [6.07, 6.45) is 10.0. The summed E-state index contributed by atoms with van der Waals surface area (Å²) in [4.78, 5) is 11.9. The Morgan fingerprint density at radius 3 is 2.83 bits per heavy atom. The van der Waals surface area contributed by atoms with Crippen molar-refractivity contribution in [3.8, 4) is 0 Å². The van der Waals surface area contributed by atoms with Gasteiger partial charge in [-0.15, -0.1) is 0 Å². The molecule has 3 fully saturated rings. The Balaban J connectivity index is 1.32. The molecule has 1 amide bonds. The van der Waals surface area contributed by atoms with Crippen molar-refractivity contribution in [2.24, 2.45) is 17.8 Å². The molecule has 3 heteroatoms. The Hall–Kier alpha value is -0.570. The summed E-state index contributed by atoms with van der Waals surface area (Å²) in [6, 6.07) is 0.646. The summed E-state index contributed by atoms with van der Waals surface area (Å²) in [5, 5.41) is 6.59. The highest BCUT2D eigenvalue weighted by Gasteiger charge is 2.39. The molecule has 1 saturated heterocycles. The summed E-state index contributed by atoms with van der Waals surface area (Å²) in [7, 11) is 0. The monoisotopic (exact) mass is 250 g/mol. The smallest absolute Gasteiger partial charge is 0.220 e. The molecule has 3 rings (SSSR count). The summed E-state index contributed by atoms with van der Waals surface area (Å²) >= 11 is 0. The van der Waals surface area contributed by atoms with E-state index in [1.54, 1.807) is 0 Å². The van der Waals surface area contributed by atoms with Crippen LogP contribution in [0.3, 0.4) is 0 Å². The van der Waals surface area contributed by atoms with E-state index in [-0.39, 0.29) is 0 Å². The first-order chi connectivity index (χ1) is 8.81. The molecular formula is C15H26N2O. The minimum atomic E-state index is 0.297. The number of nitrogens with one attached hydrogen (secondary N) is 2. The lowest BCUT2D eigenvalue weighted by Crippen LogP contribution is -2.32. The molecule has 2 N–H and O–H groups in total. The van der Waals surface area contributed by atoms with Crippen molar-refractivity contribution in [3.05, 3.63) is 0 Å². The number of carbonyl (C=O) groups is 1. The lowest BCUT2D eigenvalue weighted by Gasteiger charge is -2.21. The molecule has 102 valence electrons. The van der Waals surface area contributed by atoms with E-state index in [4.69, 9.17) is 0 Å². The zero-order chi connectivity index (χ0) is 12.4. The van der Waals surface area contributed by atoms with Crippen LogP contribution in [0.15, 0.2) is 0 Å². The van der Waals surface area contributed by atoms with Crippen LogP contribution in [-0.2, 0) is 4.79 Å². The van der Waals surface area contributed by atoms with Gasteiger partial charge in [-0.1, -0.05) is 6.42 Å². The third kappa shape index (κ3) is 2.87. The Morgan fingerprint density at radius 2 is 2.17 bits per heavy atom. The molecule has 1 heterocycles. The highest BCUT2D eigenvalue weighted by Crippen LogP contribution is 2.49. The van der Waals surface area contributed by atoms with Gasteiger partial charge in [0, 0.05) is 19.0 Å². The van der Waals surface area contributed by atoms with E-state index >= 15 is 0 Å². The van der Waals surface area contributed by atoms with Gasteiger partial charge in [-0.05, 0) is 62.8 Å². The minimum absolute atomic E-state index is 0.297. The van der Waals surface area contributed by atoms with E-state index in [1.807, 2.05) is 0 Å². The lowest BCUT2D eigenvalue weighted by molar-refractivity contribution is -0.122. The molecule has 18 heavy (non-hydrogen) atoms. The van der Waals surface area contributed by atoms with Crippen molar-refractivity contribution < 1.29 is 4.79 Å². The molecule has 0 aromatic rings. The Labute approximate surface area is 110 Å². The number of hydrogen-bond acceptors (Lipinski definition) is 2. The van der Waals surface area contributed by atoms with E-state index in [1.165, 1.54) is 38.5 Å². The van der Waals surface area contributed by atoms with E-state index in [2.05, 4.69) is 10.6 Å². The standard InChI is InChI=1S/C15H26N2O/c18-15(17-7-5-14-2-1-6-16-14)10-13-9-11-3-4-12(13)8-11/h11-14,16H,1-10H2,(H,17,18)/t11?,12?,13?,14-/m0/s1. The summed E-state index contributed by atoms with van der Waals surface area (Å²) in [5.41, 5.74) is 0. The maximum atomic E-state index is 11.9. The molecule has 0 aromatic heterocycles. The van der Waals surface area contributed by atoms with Gasteiger partial charge in [-0.3, -0.25) is 4.79 Å². The molecule has 2 bridgehead atoms. The highest BCUT2D eigenvalue weighted by atomic mass is 16.1. The normalized spacial score (nSPS) is 38.2. The SMILES string of the molecule is O=C(CC1CC2CCC1C2)NCC[C@@H]1CCCN1. The summed E-state index contributed by atoms with van der Waals surface area (Å²) in [6.45, 7) is 2.01. The third-order valence-electron chi connectivity index (χ3n) is 5.31.